The first-order valence-electron chi connectivity index (χ1n) is 21.1. The van der Waals surface area contributed by atoms with Gasteiger partial charge in [0.2, 0.25) is 0 Å². The summed E-state index contributed by atoms with van der Waals surface area (Å²) in [7, 11) is 0. The Labute approximate surface area is 344 Å². The zero-order chi connectivity index (χ0) is 39.0. The van der Waals surface area contributed by atoms with Gasteiger partial charge in [0, 0.05) is 11.3 Å². The topological polar surface area (TPSA) is 0 Å². The fraction of sp³-hybridized carbons (Fsp3) is 0.0847. The Morgan fingerprint density at radius 2 is 1.05 bits per heavy atom. The Morgan fingerprint density at radius 3 is 1.85 bits per heavy atom. The Hall–Kier alpha value is -7.02. The third kappa shape index (κ3) is 4.66. The van der Waals surface area contributed by atoms with Gasteiger partial charge in [-0.05, 0) is 145 Å². The van der Waals surface area contributed by atoms with Gasteiger partial charge in [0.15, 0.2) is 0 Å². The number of hydrogen-bond acceptors (Lipinski definition) is 0. The summed E-state index contributed by atoms with van der Waals surface area (Å²) in [4.78, 5) is 0. The zero-order valence-corrected chi connectivity index (χ0v) is 33.2. The quantitative estimate of drug-likeness (QED) is 0.157. The number of allylic oxidation sites excluding steroid dienone is 3. The van der Waals surface area contributed by atoms with E-state index in [4.69, 9.17) is 0 Å². The highest BCUT2D eigenvalue weighted by Gasteiger charge is 2.36. The molecule has 10 aromatic rings. The van der Waals surface area contributed by atoms with Gasteiger partial charge in [-0.1, -0.05) is 190 Å². The van der Waals surface area contributed by atoms with Gasteiger partial charge in [0.05, 0.1) is 0 Å². The maximum Gasteiger partial charge on any atom is 0.0276 e. The van der Waals surface area contributed by atoms with E-state index in [-0.39, 0.29) is 11.3 Å². The van der Waals surface area contributed by atoms with Crippen LogP contribution >= 0.6 is 0 Å². The molecule has 1 atom stereocenters. The van der Waals surface area contributed by atoms with Crippen molar-refractivity contribution in [3.05, 3.63) is 215 Å². The van der Waals surface area contributed by atoms with Gasteiger partial charge in [-0.25, -0.2) is 0 Å². The second-order valence-electron chi connectivity index (χ2n) is 17.5. The molecule has 276 valence electrons. The Balaban J connectivity index is 0.853. The van der Waals surface area contributed by atoms with Crippen molar-refractivity contribution in [2.45, 2.75) is 31.6 Å². The minimum Gasteiger partial charge on any atom is -0.0753 e. The Morgan fingerprint density at radius 1 is 0.458 bits per heavy atom. The summed E-state index contributed by atoms with van der Waals surface area (Å²) < 4.78 is 0. The van der Waals surface area contributed by atoms with Gasteiger partial charge in [0.1, 0.15) is 0 Å². The standard InChI is InChI=1S/C59H40/c1-59(2)53-33-43(35-11-13-37(14-12-35)46-26-17-40-16-15-38-9-6-10-39-20-30-50(46)56(40)55(38)39)23-28-48(53)49-29-24-44(34-54(49)59)47-27-19-42-21-31-51-45(36-7-4-3-5-8-36)25-18-41-22-32-52(47)58(42)57(41)51/h3-20,22-34,45H,21H2,1-2H3. The summed E-state index contributed by atoms with van der Waals surface area (Å²) >= 11 is 0. The van der Waals surface area contributed by atoms with Crippen LogP contribution in [0.1, 0.15) is 53.1 Å². The van der Waals surface area contributed by atoms with Crippen molar-refractivity contribution in [2.24, 2.45) is 0 Å². The van der Waals surface area contributed by atoms with Crippen molar-refractivity contribution in [1.29, 1.82) is 0 Å². The second-order valence-corrected chi connectivity index (χ2v) is 17.5. The summed E-state index contributed by atoms with van der Waals surface area (Å²) in [6.07, 6.45) is 8.18. The summed E-state index contributed by atoms with van der Waals surface area (Å²) in [5, 5.41) is 10.7. The molecule has 1 unspecified atom stereocenters. The molecule has 0 N–H and O–H groups in total. The van der Waals surface area contributed by atoms with E-state index >= 15 is 0 Å². The van der Waals surface area contributed by atoms with Crippen molar-refractivity contribution in [2.75, 3.05) is 0 Å². The minimum atomic E-state index is -0.137. The first kappa shape index (κ1) is 33.0. The molecule has 0 spiro atoms. The van der Waals surface area contributed by atoms with Crippen molar-refractivity contribution >= 4 is 54.7 Å². The van der Waals surface area contributed by atoms with Gasteiger partial charge in [-0.2, -0.15) is 0 Å². The molecule has 0 aromatic heterocycles. The van der Waals surface area contributed by atoms with Crippen molar-refractivity contribution < 1.29 is 0 Å². The van der Waals surface area contributed by atoms with E-state index in [9.17, 15) is 0 Å². The van der Waals surface area contributed by atoms with Crippen molar-refractivity contribution in [1.82, 2.24) is 0 Å². The fourth-order valence-electron chi connectivity index (χ4n) is 11.2. The number of rotatable bonds is 4. The monoisotopic (exact) mass is 748 g/mol. The third-order valence-electron chi connectivity index (χ3n) is 14.1. The van der Waals surface area contributed by atoms with E-state index in [0.29, 0.717) is 0 Å². The molecule has 0 heteroatoms. The maximum absolute atomic E-state index is 2.49. The molecule has 59 heavy (non-hydrogen) atoms. The highest BCUT2D eigenvalue weighted by Crippen LogP contribution is 2.52. The predicted molar refractivity (Wildman–Crippen MR) is 251 cm³/mol. The van der Waals surface area contributed by atoms with Crippen LogP contribution in [0.25, 0.3) is 99.2 Å². The molecular formula is C59H40. The first-order valence-corrected chi connectivity index (χ1v) is 21.1. The molecule has 13 rings (SSSR count). The zero-order valence-electron chi connectivity index (χ0n) is 33.2. The van der Waals surface area contributed by atoms with Crippen LogP contribution in [0.4, 0.5) is 0 Å². The molecule has 0 saturated heterocycles. The molecule has 0 amide bonds. The largest absolute Gasteiger partial charge is 0.0753 e. The maximum atomic E-state index is 2.49. The Kier molecular flexibility index (Phi) is 6.72. The van der Waals surface area contributed by atoms with E-state index < -0.39 is 0 Å². The van der Waals surface area contributed by atoms with Crippen LogP contribution in [0.3, 0.4) is 0 Å². The van der Waals surface area contributed by atoms with Crippen LogP contribution in [0.15, 0.2) is 182 Å². The van der Waals surface area contributed by atoms with Crippen molar-refractivity contribution in [3.8, 4) is 44.5 Å². The average Bonchev–Trinajstić information content (AvgIpc) is 3.52. The summed E-state index contributed by atoms with van der Waals surface area (Å²) in [6.45, 7) is 4.82. The second kappa shape index (κ2) is 12.0. The van der Waals surface area contributed by atoms with E-state index in [1.165, 1.54) is 127 Å². The number of fused-ring (bicyclic) bond motifs is 3. The highest BCUT2D eigenvalue weighted by molar-refractivity contribution is 6.25. The lowest BCUT2D eigenvalue weighted by Gasteiger charge is -2.30. The normalized spacial score (nSPS) is 15.9. The highest BCUT2D eigenvalue weighted by atomic mass is 14.4. The lowest BCUT2D eigenvalue weighted by molar-refractivity contribution is 0.661. The van der Waals surface area contributed by atoms with Crippen molar-refractivity contribution in [3.63, 3.8) is 0 Å². The summed E-state index contributed by atoms with van der Waals surface area (Å²) in [5.74, 6) is 0.284. The van der Waals surface area contributed by atoms with Crippen LogP contribution in [-0.2, 0) is 11.8 Å². The molecule has 0 saturated carbocycles. The van der Waals surface area contributed by atoms with Gasteiger partial charge in [-0.3, -0.25) is 0 Å². The third-order valence-corrected chi connectivity index (χ3v) is 14.1. The summed E-state index contributed by atoms with van der Waals surface area (Å²) in [6, 6.07) is 64.4. The van der Waals surface area contributed by atoms with Gasteiger partial charge in [-0.15, -0.1) is 0 Å². The van der Waals surface area contributed by atoms with E-state index in [1.807, 2.05) is 0 Å². The number of hydrogen-bond donors (Lipinski definition) is 0. The lowest BCUT2D eigenvalue weighted by atomic mass is 9.74. The lowest BCUT2D eigenvalue weighted by Crippen LogP contribution is -2.15. The molecule has 0 heterocycles. The van der Waals surface area contributed by atoms with Crippen LogP contribution in [0.2, 0.25) is 0 Å². The van der Waals surface area contributed by atoms with Gasteiger partial charge >= 0.3 is 0 Å². The SMILES string of the molecule is CC1(C)c2cc(-c3ccc(-c4ccc5ccc6cccc7ccc4c5c67)cc3)ccc2-c2ccc(-c3ccc4c5c6c(ccc35)C=CC(c3ccccc3)C6=CC4)cc21. The number of benzene rings is 10. The average molecular weight is 749 g/mol. The smallest absolute Gasteiger partial charge is 0.0276 e. The van der Waals surface area contributed by atoms with Crippen LogP contribution in [0.5, 0.6) is 0 Å². The minimum absolute atomic E-state index is 0.137. The molecule has 0 fully saturated rings. The Bertz CT molecular complexity index is 3450. The molecule has 0 nitrogen and oxygen atoms in total. The summed E-state index contributed by atoms with van der Waals surface area (Å²) in [5.41, 5.74) is 20.0. The van der Waals surface area contributed by atoms with E-state index in [2.05, 4.69) is 202 Å². The molecule has 3 aliphatic rings. The fourth-order valence-corrected chi connectivity index (χ4v) is 11.2. The van der Waals surface area contributed by atoms with Gasteiger partial charge < -0.3 is 0 Å². The van der Waals surface area contributed by atoms with Gasteiger partial charge in [0.25, 0.3) is 0 Å². The molecular weight excluding hydrogens is 709 g/mol. The molecule has 0 aliphatic heterocycles. The molecule has 0 bridgehead atoms. The molecule has 3 aliphatic carbocycles. The van der Waals surface area contributed by atoms with Crippen LogP contribution in [-0.4, -0.2) is 0 Å². The molecule has 0 radical (unpaired) electrons. The van der Waals surface area contributed by atoms with Crippen LogP contribution < -0.4 is 0 Å². The molecule has 10 aromatic carbocycles. The van der Waals surface area contributed by atoms with E-state index in [0.717, 1.165) is 6.42 Å². The van der Waals surface area contributed by atoms with Crippen LogP contribution in [0, 0.1) is 0 Å². The van der Waals surface area contributed by atoms with E-state index in [1.54, 1.807) is 0 Å². The predicted octanol–water partition coefficient (Wildman–Crippen LogP) is 15.8. The first-order chi connectivity index (χ1) is 29.0.